The quantitative estimate of drug-likeness (QED) is 0.905. The minimum atomic E-state index is -0.548. The monoisotopic (exact) mass is 278 g/mol. The van der Waals surface area contributed by atoms with E-state index in [0.29, 0.717) is 16.5 Å². The standard InChI is InChI=1S/C13H11ClN2O3/c1-19-8-4-5-9(14)10(7-8)16-13(18)12-11(17)3-2-6-15-12/h2-7,17H,1H3,(H,16,18). The van der Waals surface area contributed by atoms with Crippen molar-refractivity contribution in [1.82, 2.24) is 4.98 Å². The van der Waals surface area contributed by atoms with Crippen LogP contribution in [0.4, 0.5) is 5.69 Å². The summed E-state index contributed by atoms with van der Waals surface area (Å²) in [7, 11) is 1.51. The summed E-state index contributed by atoms with van der Waals surface area (Å²) < 4.78 is 5.05. The van der Waals surface area contributed by atoms with Crippen LogP contribution in [0.5, 0.6) is 11.5 Å². The van der Waals surface area contributed by atoms with Crippen LogP contribution in [0, 0.1) is 0 Å². The molecule has 0 saturated carbocycles. The van der Waals surface area contributed by atoms with E-state index in [9.17, 15) is 9.90 Å². The highest BCUT2D eigenvalue weighted by molar-refractivity contribution is 6.34. The van der Waals surface area contributed by atoms with Gasteiger partial charge in [0.1, 0.15) is 11.5 Å². The second-order valence-corrected chi connectivity index (χ2v) is 4.08. The predicted molar refractivity (Wildman–Crippen MR) is 71.9 cm³/mol. The molecule has 0 saturated heterocycles. The van der Waals surface area contributed by atoms with Crippen LogP contribution in [0.2, 0.25) is 5.02 Å². The molecule has 0 spiro atoms. The predicted octanol–water partition coefficient (Wildman–Crippen LogP) is 2.70. The van der Waals surface area contributed by atoms with Crippen LogP contribution >= 0.6 is 11.6 Å². The zero-order valence-electron chi connectivity index (χ0n) is 10.1. The Bertz CT molecular complexity index is 617. The molecule has 0 radical (unpaired) electrons. The molecule has 1 heterocycles. The van der Waals surface area contributed by atoms with Gasteiger partial charge >= 0.3 is 0 Å². The number of amides is 1. The number of halogens is 1. The highest BCUT2D eigenvalue weighted by Gasteiger charge is 2.14. The number of nitrogens with one attached hydrogen (secondary N) is 1. The van der Waals surface area contributed by atoms with Crippen molar-refractivity contribution in [2.45, 2.75) is 0 Å². The number of carbonyl (C=O) groups is 1. The largest absolute Gasteiger partial charge is 0.505 e. The van der Waals surface area contributed by atoms with Crippen molar-refractivity contribution in [3.05, 3.63) is 47.2 Å². The molecule has 19 heavy (non-hydrogen) atoms. The number of aromatic nitrogens is 1. The van der Waals surface area contributed by atoms with Crippen molar-refractivity contribution in [3.8, 4) is 11.5 Å². The van der Waals surface area contributed by atoms with Crippen LogP contribution in [-0.2, 0) is 0 Å². The maximum Gasteiger partial charge on any atom is 0.278 e. The van der Waals surface area contributed by atoms with Gasteiger partial charge in [-0.25, -0.2) is 4.98 Å². The van der Waals surface area contributed by atoms with Crippen molar-refractivity contribution in [2.24, 2.45) is 0 Å². The van der Waals surface area contributed by atoms with Crippen molar-refractivity contribution in [1.29, 1.82) is 0 Å². The smallest absolute Gasteiger partial charge is 0.278 e. The van der Waals surface area contributed by atoms with Gasteiger partial charge in [0.2, 0.25) is 0 Å². The lowest BCUT2D eigenvalue weighted by Gasteiger charge is -2.09. The van der Waals surface area contributed by atoms with Gasteiger partial charge in [0.25, 0.3) is 5.91 Å². The van der Waals surface area contributed by atoms with Gasteiger partial charge in [0.05, 0.1) is 17.8 Å². The van der Waals surface area contributed by atoms with E-state index in [-0.39, 0.29) is 11.4 Å². The Labute approximate surface area is 114 Å². The van der Waals surface area contributed by atoms with Crippen molar-refractivity contribution in [2.75, 3.05) is 12.4 Å². The number of carbonyl (C=O) groups excluding carboxylic acids is 1. The topological polar surface area (TPSA) is 71.5 Å². The van der Waals surface area contributed by atoms with Crippen LogP contribution < -0.4 is 10.1 Å². The Morgan fingerprint density at radius 1 is 1.42 bits per heavy atom. The lowest BCUT2D eigenvalue weighted by atomic mass is 10.2. The fourth-order valence-electron chi connectivity index (χ4n) is 1.48. The van der Waals surface area contributed by atoms with E-state index >= 15 is 0 Å². The van der Waals surface area contributed by atoms with E-state index in [1.54, 1.807) is 18.2 Å². The van der Waals surface area contributed by atoms with Crippen LogP contribution in [0.3, 0.4) is 0 Å². The molecule has 0 aliphatic rings. The van der Waals surface area contributed by atoms with Gasteiger partial charge in [0, 0.05) is 12.3 Å². The molecular formula is C13H11ClN2O3. The highest BCUT2D eigenvalue weighted by Crippen LogP contribution is 2.27. The molecule has 0 unspecified atom stereocenters. The first kappa shape index (κ1) is 13.2. The maximum absolute atomic E-state index is 12.0. The van der Waals surface area contributed by atoms with Gasteiger partial charge < -0.3 is 15.2 Å². The summed E-state index contributed by atoms with van der Waals surface area (Å²) in [4.78, 5) is 15.8. The van der Waals surface area contributed by atoms with E-state index in [1.807, 2.05) is 0 Å². The zero-order valence-corrected chi connectivity index (χ0v) is 10.8. The van der Waals surface area contributed by atoms with E-state index in [1.165, 1.54) is 25.4 Å². The Morgan fingerprint density at radius 3 is 2.89 bits per heavy atom. The summed E-state index contributed by atoms with van der Waals surface area (Å²) in [6.07, 6.45) is 1.42. The summed E-state index contributed by atoms with van der Waals surface area (Å²) in [5.74, 6) is -0.183. The molecule has 6 heteroatoms. The number of aromatic hydroxyl groups is 1. The van der Waals surface area contributed by atoms with E-state index in [0.717, 1.165) is 0 Å². The number of nitrogens with zero attached hydrogens (tertiary/aromatic N) is 1. The number of methoxy groups -OCH3 is 1. The summed E-state index contributed by atoms with van der Waals surface area (Å²) in [6.45, 7) is 0. The minimum Gasteiger partial charge on any atom is -0.505 e. The molecule has 0 atom stereocenters. The summed E-state index contributed by atoms with van der Waals surface area (Å²) in [6, 6.07) is 7.78. The van der Waals surface area contributed by atoms with Crippen molar-refractivity contribution >= 4 is 23.2 Å². The fraction of sp³-hybridized carbons (Fsp3) is 0.0769. The molecule has 0 bridgehead atoms. The molecule has 98 valence electrons. The summed E-state index contributed by atoms with van der Waals surface area (Å²) >= 11 is 5.97. The summed E-state index contributed by atoms with van der Waals surface area (Å²) in [5.41, 5.74) is 0.317. The van der Waals surface area contributed by atoms with E-state index in [4.69, 9.17) is 16.3 Å². The van der Waals surface area contributed by atoms with E-state index in [2.05, 4.69) is 10.3 Å². The summed E-state index contributed by atoms with van der Waals surface area (Å²) in [5, 5.41) is 12.5. The van der Waals surface area contributed by atoms with Crippen LogP contribution in [-0.4, -0.2) is 23.1 Å². The number of rotatable bonds is 3. The zero-order chi connectivity index (χ0) is 13.8. The van der Waals surface area contributed by atoms with Crippen LogP contribution in [0.15, 0.2) is 36.5 Å². The molecule has 0 fully saturated rings. The Hall–Kier alpha value is -2.27. The van der Waals surface area contributed by atoms with Crippen molar-refractivity contribution in [3.63, 3.8) is 0 Å². The number of hydrogen-bond donors (Lipinski definition) is 2. The number of benzene rings is 1. The second kappa shape index (κ2) is 5.58. The molecule has 5 nitrogen and oxygen atoms in total. The van der Waals surface area contributed by atoms with Gasteiger partial charge in [-0.2, -0.15) is 0 Å². The highest BCUT2D eigenvalue weighted by atomic mass is 35.5. The molecular weight excluding hydrogens is 268 g/mol. The Morgan fingerprint density at radius 2 is 2.21 bits per heavy atom. The number of pyridine rings is 1. The van der Waals surface area contributed by atoms with Gasteiger partial charge in [-0.05, 0) is 24.3 Å². The van der Waals surface area contributed by atoms with Gasteiger partial charge in [0.15, 0.2) is 5.69 Å². The molecule has 0 aliphatic heterocycles. The first-order chi connectivity index (χ1) is 9.11. The maximum atomic E-state index is 12.0. The van der Waals surface area contributed by atoms with Gasteiger partial charge in [-0.15, -0.1) is 0 Å². The average Bonchev–Trinajstić information content (AvgIpc) is 2.41. The number of ether oxygens (including phenoxy) is 1. The Kier molecular flexibility index (Phi) is 3.87. The normalized spacial score (nSPS) is 10.0. The van der Waals surface area contributed by atoms with Crippen LogP contribution in [0.25, 0.3) is 0 Å². The molecule has 1 aromatic heterocycles. The first-order valence-electron chi connectivity index (χ1n) is 5.40. The first-order valence-corrected chi connectivity index (χ1v) is 5.78. The number of hydrogen-bond acceptors (Lipinski definition) is 4. The fourth-order valence-corrected chi connectivity index (χ4v) is 1.65. The molecule has 1 aromatic carbocycles. The van der Waals surface area contributed by atoms with Crippen molar-refractivity contribution < 1.29 is 14.6 Å². The minimum absolute atomic E-state index is 0.0682. The average molecular weight is 279 g/mol. The molecule has 2 rings (SSSR count). The lowest BCUT2D eigenvalue weighted by molar-refractivity contribution is 0.101. The molecule has 1 amide bonds. The third-order valence-electron chi connectivity index (χ3n) is 2.42. The molecule has 2 aromatic rings. The Balaban J connectivity index is 2.26. The SMILES string of the molecule is COc1ccc(Cl)c(NC(=O)c2ncccc2O)c1. The van der Waals surface area contributed by atoms with Crippen LogP contribution in [0.1, 0.15) is 10.5 Å². The van der Waals surface area contributed by atoms with Gasteiger partial charge in [-0.3, -0.25) is 4.79 Å². The molecule has 0 aliphatic carbocycles. The lowest BCUT2D eigenvalue weighted by Crippen LogP contribution is -2.14. The van der Waals surface area contributed by atoms with Gasteiger partial charge in [-0.1, -0.05) is 11.6 Å². The third kappa shape index (κ3) is 2.95. The molecule has 2 N–H and O–H groups in total. The second-order valence-electron chi connectivity index (χ2n) is 3.67. The third-order valence-corrected chi connectivity index (χ3v) is 2.75. The van der Waals surface area contributed by atoms with E-state index < -0.39 is 5.91 Å². The number of anilines is 1.